The van der Waals surface area contributed by atoms with Crippen molar-refractivity contribution in [2.24, 2.45) is 4.99 Å². The molecule has 1 rings (SSSR count). The second-order valence-corrected chi connectivity index (χ2v) is 3.38. The molecule has 0 unspecified atom stereocenters. The summed E-state index contributed by atoms with van der Waals surface area (Å²) in [6.07, 6.45) is -7.28. The normalized spacial score (nSPS) is 11.0. The van der Waals surface area contributed by atoms with Crippen LogP contribution in [0.25, 0.3) is 0 Å². The molecule has 0 bridgehead atoms. The van der Waals surface area contributed by atoms with E-state index in [1.165, 1.54) is 0 Å². The van der Waals surface area contributed by atoms with Crippen LogP contribution in [0.5, 0.6) is 0 Å². The van der Waals surface area contributed by atoms with Crippen LogP contribution in [-0.4, -0.2) is 33.9 Å². The van der Waals surface area contributed by atoms with Gasteiger partial charge in [0.05, 0.1) is 16.3 Å². The quantitative estimate of drug-likeness (QED) is 0.488. The zero-order valence-electron chi connectivity index (χ0n) is 9.87. The number of aliphatic hydroxyl groups excluding tert-OH is 1. The molecule has 0 aliphatic heterocycles. The van der Waals surface area contributed by atoms with Crippen molar-refractivity contribution in [2.45, 2.75) is 12.4 Å². The number of hydrogen-bond donors (Lipinski definition) is 1. The van der Waals surface area contributed by atoms with E-state index in [-0.39, 0.29) is 0 Å². The summed E-state index contributed by atoms with van der Waals surface area (Å²) in [6, 6.07) is 0.701. The minimum atomic E-state index is -4.62. The second-order valence-electron chi connectivity index (χ2n) is 3.20. The maximum Gasteiger partial charge on any atom is 0.417 e. The number of amides is 1. The van der Waals surface area contributed by atoms with Crippen LogP contribution in [-0.2, 0) is 6.18 Å². The minimum Gasteiger partial charge on any atom is -0.387 e. The lowest BCUT2D eigenvalue weighted by atomic mass is 10.1. The number of isothiocyanates is 1. The molecule has 0 fully saturated rings. The Balaban J connectivity index is 0.000000567. The average molecular weight is 332 g/mol. The molecule has 0 saturated carbocycles. The molecular formula is C10H6F6N2O2S. The Morgan fingerprint density at radius 2 is 1.86 bits per heavy atom. The summed E-state index contributed by atoms with van der Waals surface area (Å²) < 4.78 is 68.7. The fourth-order valence-corrected chi connectivity index (χ4v) is 0.997. The number of hydrogen-bond acceptors (Lipinski definition) is 4. The molecule has 0 spiro atoms. The van der Waals surface area contributed by atoms with Gasteiger partial charge in [0.1, 0.15) is 6.61 Å². The number of carbonyl (C=O) groups excluding carboxylic acids is 1. The lowest BCUT2D eigenvalue weighted by Gasteiger charge is -2.08. The van der Waals surface area contributed by atoms with Crippen LogP contribution >= 0.6 is 12.2 Å². The van der Waals surface area contributed by atoms with E-state index in [0.29, 0.717) is 6.07 Å². The van der Waals surface area contributed by atoms with E-state index in [1.807, 2.05) is 0 Å². The smallest absolute Gasteiger partial charge is 0.387 e. The third-order valence-electron chi connectivity index (χ3n) is 1.68. The van der Waals surface area contributed by atoms with Crippen molar-refractivity contribution >= 4 is 23.3 Å². The zero-order chi connectivity index (χ0) is 16.7. The zero-order valence-corrected chi connectivity index (χ0v) is 10.7. The summed E-state index contributed by atoms with van der Waals surface area (Å²) >= 11 is 4.13. The Hall–Kier alpha value is -1.84. The van der Waals surface area contributed by atoms with Gasteiger partial charge in [-0.25, -0.2) is 0 Å². The van der Waals surface area contributed by atoms with E-state index in [2.05, 4.69) is 22.2 Å². The fourth-order valence-electron chi connectivity index (χ4n) is 0.914. The molecule has 4 nitrogen and oxygen atoms in total. The van der Waals surface area contributed by atoms with Crippen LogP contribution in [0.3, 0.4) is 0 Å². The van der Waals surface area contributed by atoms with Crippen molar-refractivity contribution in [3.63, 3.8) is 0 Å². The molecule has 0 aliphatic rings. The van der Waals surface area contributed by atoms with E-state index in [0.717, 1.165) is 12.4 Å². The number of thiocarbonyl (C=S) groups is 1. The van der Waals surface area contributed by atoms with Crippen molar-refractivity contribution in [1.82, 2.24) is 4.98 Å². The van der Waals surface area contributed by atoms with Crippen LogP contribution in [0.15, 0.2) is 23.5 Å². The lowest BCUT2D eigenvalue weighted by Crippen LogP contribution is -2.12. The molecule has 1 aromatic heterocycles. The predicted octanol–water partition coefficient (Wildman–Crippen LogP) is 2.88. The Kier molecular flexibility index (Phi) is 7.13. The summed E-state index contributed by atoms with van der Waals surface area (Å²) in [5.74, 6) is -1.11. The van der Waals surface area contributed by atoms with E-state index in [4.69, 9.17) is 5.11 Å². The van der Waals surface area contributed by atoms with E-state index in [1.54, 1.807) is 5.16 Å². The van der Waals surface area contributed by atoms with Gasteiger partial charge in [0.2, 0.25) is 0 Å². The number of aromatic nitrogens is 1. The molecule has 1 aromatic rings. The van der Waals surface area contributed by atoms with Crippen LogP contribution in [0.2, 0.25) is 0 Å². The van der Waals surface area contributed by atoms with Crippen molar-refractivity contribution < 1.29 is 36.2 Å². The lowest BCUT2D eigenvalue weighted by molar-refractivity contribution is -0.159. The Morgan fingerprint density at radius 3 is 2.24 bits per heavy atom. The highest BCUT2D eigenvalue weighted by Crippen LogP contribution is 2.31. The maximum absolute atomic E-state index is 12.4. The number of halogens is 6. The van der Waals surface area contributed by atoms with Gasteiger partial charge in [-0.3, -0.25) is 9.78 Å². The SMILES string of the molecule is O=C(N=C=S)c1cnccc1C(F)(F)F.OCC(F)(F)F. The molecule has 0 aromatic carbocycles. The van der Waals surface area contributed by atoms with Gasteiger partial charge in [0.25, 0.3) is 5.91 Å². The van der Waals surface area contributed by atoms with E-state index < -0.39 is 36.0 Å². The largest absolute Gasteiger partial charge is 0.417 e. The number of aliphatic hydroxyl groups is 1. The van der Waals surface area contributed by atoms with Crippen molar-refractivity contribution in [3.8, 4) is 0 Å². The monoisotopic (exact) mass is 332 g/mol. The molecule has 1 heterocycles. The van der Waals surface area contributed by atoms with Gasteiger partial charge in [0.15, 0.2) is 0 Å². The molecule has 11 heteroatoms. The van der Waals surface area contributed by atoms with Gasteiger partial charge in [0, 0.05) is 12.4 Å². The van der Waals surface area contributed by atoms with Crippen molar-refractivity contribution in [3.05, 3.63) is 29.6 Å². The van der Waals surface area contributed by atoms with Gasteiger partial charge in [-0.05, 0) is 18.3 Å². The summed E-state index contributed by atoms with van der Waals surface area (Å²) in [4.78, 5) is 17.5. The highest BCUT2D eigenvalue weighted by Gasteiger charge is 2.35. The first kappa shape index (κ1) is 19.2. The molecule has 1 amide bonds. The first-order valence-electron chi connectivity index (χ1n) is 4.84. The number of nitrogens with zero attached hydrogens (tertiary/aromatic N) is 2. The predicted molar refractivity (Wildman–Crippen MR) is 61.7 cm³/mol. The maximum atomic E-state index is 12.4. The second kappa shape index (κ2) is 7.81. The fraction of sp³-hybridized carbons (Fsp3) is 0.300. The topological polar surface area (TPSA) is 62.5 Å². The average Bonchev–Trinajstić information content (AvgIpc) is 2.38. The molecule has 21 heavy (non-hydrogen) atoms. The van der Waals surface area contributed by atoms with Crippen molar-refractivity contribution in [2.75, 3.05) is 6.61 Å². The van der Waals surface area contributed by atoms with E-state index >= 15 is 0 Å². The molecule has 0 radical (unpaired) electrons. The molecule has 1 N–H and O–H groups in total. The number of aliphatic imine (C=N–C) groups is 1. The van der Waals surface area contributed by atoms with E-state index in [9.17, 15) is 31.1 Å². The number of pyridine rings is 1. The minimum absolute atomic E-state index is 0.637. The Bertz CT molecular complexity index is 537. The van der Waals surface area contributed by atoms with Crippen LogP contribution in [0, 0.1) is 0 Å². The molecule has 0 aliphatic carbocycles. The van der Waals surface area contributed by atoms with Gasteiger partial charge >= 0.3 is 12.4 Å². The molecule has 0 saturated heterocycles. The summed E-state index contributed by atoms with van der Waals surface area (Å²) in [5.41, 5.74) is -1.72. The summed E-state index contributed by atoms with van der Waals surface area (Å²) in [7, 11) is 0. The van der Waals surface area contributed by atoms with Gasteiger partial charge in [-0.15, -0.1) is 0 Å². The summed E-state index contributed by atoms with van der Waals surface area (Å²) in [5, 5.41) is 8.99. The molecule has 0 atom stereocenters. The third kappa shape index (κ3) is 7.49. The first-order chi connectivity index (χ1) is 9.53. The standard InChI is InChI=1S/C8H3F3N2OS.C2H3F3O/c9-8(10,11)6-1-2-12-3-5(6)7(14)13-4-15;3-2(4,5)1-6/h1-3H;6H,1H2. The highest BCUT2D eigenvalue weighted by atomic mass is 32.1. The van der Waals surface area contributed by atoms with Crippen LogP contribution in [0.4, 0.5) is 26.3 Å². The highest BCUT2D eigenvalue weighted by molar-refractivity contribution is 7.78. The van der Waals surface area contributed by atoms with Gasteiger partial charge in [-0.1, -0.05) is 0 Å². The Morgan fingerprint density at radius 1 is 1.33 bits per heavy atom. The number of carbonyl (C=O) groups is 1. The number of alkyl halides is 6. The van der Waals surface area contributed by atoms with Gasteiger partial charge in [-0.2, -0.15) is 31.3 Å². The summed E-state index contributed by atoms with van der Waals surface area (Å²) in [6.45, 7) is -1.73. The molecular weight excluding hydrogens is 326 g/mol. The molecule has 116 valence electrons. The van der Waals surface area contributed by atoms with Crippen LogP contribution < -0.4 is 0 Å². The number of rotatable bonds is 1. The first-order valence-corrected chi connectivity index (χ1v) is 5.24. The third-order valence-corrected chi connectivity index (χ3v) is 1.77. The van der Waals surface area contributed by atoms with Gasteiger partial charge < -0.3 is 5.11 Å². The van der Waals surface area contributed by atoms with Crippen molar-refractivity contribution in [1.29, 1.82) is 0 Å². The van der Waals surface area contributed by atoms with Crippen LogP contribution in [0.1, 0.15) is 15.9 Å². The Labute approximate surface area is 119 Å².